The Morgan fingerprint density at radius 1 is 1.28 bits per heavy atom. The third kappa shape index (κ3) is 5.47. The summed E-state index contributed by atoms with van der Waals surface area (Å²) in [5.74, 6) is 0.501. The fourth-order valence-electron chi connectivity index (χ4n) is 1.58. The van der Waals surface area contributed by atoms with Crippen LogP contribution >= 0.6 is 12.4 Å². The minimum absolute atomic E-state index is 0. The molecule has 0 unspecified atom stereocenters. The van der Waals surface area contributed by atoms with Gasteiger partial charge in [-0.1, -0.05) is 12.1 Å². The van der Waals surface area contributed by atoms with Crippen molar-refractivity contribution >= 4 is 18.3 Å². The van der Waals surface area contributed by atoms with E-state index in [4.69, 9.17) is 0 Å². The summed E-state index contributed by atoms with van der Waals surface area (Å²) >= 11 is 0. The Morgan fingerprint density at radius 2 is 1.94 bits per heavy atom. The van der Waals surface area contributed by atoms with Gasteiger partial charge in [-0.25, -0.2) is 4.39 Å². The fourth-order valence-corrected chi connectivity index (χ4v) is 1.58. The van der Waals surface area contributed by atoms with E-state index in [0.717, 1.165) is 18.0 Å². The van der Waals surface area contributed by atoms with Gasteiger partial charge in [-0.3, -0.25) is 4.79 Å². The van der Waals surface area contributed by atoms with E-state index in [1.807, 2.05) is 0 Å². The molecular weight excluding hydrogens is 255 g/mol. The molecule has 1 saturated carbocycles. The minimum Gasteiger partial charge on any atom is -0.351 e. The zero-order valence-corrected chi connectivity index (χ0v) is 10.9. The maximum Gasteiger partial charge on any atom is 0.234 e. The highest BCUT2D eigenvalue weighted by Gasteiger charge is 2.20. The van der Waals surface area contributed by atoms with Crippen LogP contribution in [-0.2, 0) is 11.3 Å². The van der Waals surface area contributed by atoms with E-state index in [2.05, 4.69) is 10.6 Å². The van der Waals surface area contributed by atoms with Crippen LogP contribution in [0.2, 0.25) is 0 Å². The highest BCUT2D eigenvalue weighted by Crippen LogP contribution is 2.27. The van der Waals surface area contributed by atoms with Crippen molar-refractivity contribution in [2.45, 2.75) is 19.4 Å². The minimum atomic E-state index is -0.258. The molecule has 0 aliphatic heterocycles. The maximum atomic E-state index is 12.6. The molecule has 1 aliphatic rings. The van der Waals surface area contributed by atoms with Gasteiger partial charge >= 0.3 is 0 Å². The van der Waals surface area contributed by atoms with Gasteiger partial charge in [0.05, 0.1) is 6.54 Å². The summed E-state index contributed by atoms with van der Waals surface area (Å²) in [5.41, 5.74) is 0.905. The first-order chi connectivity index (χ1) is 8.24. The van der Waals surface area contributed by atoms with Crippen LogP contribution in [0.5, 0.6) is 0 Å². The molecule has 2 N–H and O–H groups in total. The Bertz CT molecular complexity index is 379. The third-order valence-electron chi connectivity index (χ3n) is 2.82. The first-order valence-corrected chi connectivity index (χ1v) is 5.96. The van der Waals surface area contributed by atoms with Crippen LogP contribution in [0.1, 0.15) is 18.4 Å². The predicted octanol–water partition coefficient (Wildman–Crippen LogP) is 1.86. The van der Waals surface area contributed by atoms with Gasteiger partial charge in [0, 0.05) is 6.54 Å². The van der Waals surface area contributed by atoms with Gasteiger partial charge < -0.3 is 10.6 Å². The van der Waals surface area contributed by atoms with Crippen molar-refractivity contribution in [3.05, 3.63) is 35.6 Å². The van der Waals surface area contributed by atoms with Crippen LogP contribution in [-0.4, -0.2) is 19.0 Å². The number of amides is 1. The lowest BCUT2D eigenvalue weighted by atomic mass is 10.2. The molecule has 18 heavy (non-hydrogen) atoms. The zero-order chi connectivity index (χ0) is 12.1. The number of hydrogen-bond donors (Lipinski definition) is 2. The van der Waals surface area contributed by atoms with Gasteiger partial charge in [0.1, 0.15) is 5.82 Å². The topological polar surface area (TPSA) is 41.1 Å². The highest BCUT2D eigenvalue weighted by molar-refractivity contribution is 5.85. The van der Waals surface area contributed by atoms with E-state index in [0.29, 0.717) is 13.1 Å². The van der Waals surface area contributed by atoms with E-state index in [1.165, 1.54) is 25.0 Å². The Morgan fingerprint density at radius 3 is 2.56 bits per heavy atom. The van der Waals surface area contributed by atoms with Crippen molar-refractivity contribution < 1.29 is 9.18 Å². The zero-order valence-electron chi connectivity index (χ0n) is 10.1. The maximum absolute atomic E-state index is 12.6. The summed E-state index contributed by atoms with van der Waals surface area (Å²) in [5, 5.41) is 5.91. The molecule has 0 bridgehead atoms. The molecule has 5 heteroatoms. The van der Waals surface area contributed by atoms with Crippen LogP contribution in [0, 0.1) is 11.7 Å². The molecule has 1 aromatic carbocycles. The van der Waals surface area contributed by atoms with Gasteiger partial charge in [-0.2, -0.15) is 0 Å². The second-order valence-electron chi connectivity index (χ2n) is 4.48. The summed E-state index contributed by atoms with van der Waals surface area (Å²) in [4.78, 5) is 11.4. The molecule has 1 aromatic rings. The van der Waals surface area contributed by atoms with E-state index in [-0.39, 0.29) is 24.1 Å². The van der Waals surface area contributed by atoms with Crippen LogP contribution in [0.15, 0.2) is 24.3 Å². The fraction of sp³-hybridized carbons (Fsp3) is 0.462. The molecule has 0 aromatic heterocycles. The third-order valence-corrected chi connectivity index (χ3v) is 2.82. The number of benzene rings is 1. The lowest BCUT2D eigenvalue weighted by Crippen LogP contribution is -2.34. The largest absolute Gasteiger partial charge is 0.351 e. The Hall–Kier alpha value is -1.13. The van der Waals surface area contributed by atoms with Gasteiger partial charge in [-0.05, 0) is 43.0 Å². The molecule has 1 aliphatic carbocycles. The number of carbonyl (C=O) groups excluding carboxylic acids is 1. The second kappa shape index (κ2) is 7.34. The van der Waals surface area contributed by atoms with Crippen LogP contribution in [0.4, 0.5) is 4.39 Å². The summed E-state index contributed by atoms with van der Waals surface area (Å²) in [6.07, 6.45) is 2.56. The Labute approximate surface area is 113 Å². The average Bonchev–Trinajstić information content (AvgIpc) is 3.12. The van der Waals surface area contributed by atoms with Gasteiger partial charge in [-0.15, -0.1) is 12.4 Å². The van der Waals surface area contributed by atoms with Crippen molar-refractivity contribution in [1.29, 1.82) is 0 Å². The molecule has 100 valence electrons. The van der Waals surface area contributed by atoms with Crippen molar-refractivity contribution in [3.8, 4) is 0 Å². The SMILES string of the molecule is Cl.O=C(CNCC1CC1)NCc1ccc(F)cc1. The highest BCUT2D eigenvalue weighted by atomic mass is 35.5. The Kier molecular flexibility index (Phi) is 6.09. The van der Waals surface area contributed by atoms with Crippen molar-refractivity contribution in [2.24, 2.45) is 5.92 Å². The summed E-state index contributed by atoms with van der Waals surface area (Å²) in [6, 6.07) is 6.14. The van der Waals surface area contributed by atoms with Gasteiger partial charge in [0.25, 0.3) is 0 Å². The molecule has 1 amide bonds. The molecule has 0 atom stereocenters. The summed E-state index contributed by atoms with van der Waals surface area (Å²) < 4.78 is 12.6. The van der Waals surface area contributed by atoms with Crippen LogP contribution < -0.4 is 10.6 Å². The smallest absolute Gasteiger partial charge is 0.234 e. The Balaban J connectivity index is 0.00000162. The number of nitrogens with one attached hydrogen (secondary N) is 2. The quantitative estimate of drug-likeness (QED) is 0.830. The average molecular weight is 273 g/mol. The number of hydrogen-bond acceptors (Lipinski definition) is 2. The monoisotopic (exact) mass is 272 g/mol. The lowest BCUT2D eigenvalue weighted by molar-refractivity contribution is -0.120. The number of halogens is 2. The molecule has 1 fully saturated rings. The summed E-state index contributed by atoms with van der Waals surface area (Å²) in [6.45, 7) is 1.74. The molecular formula is C13H18ClFN2O. The van der Waals surface area contributed by atoms with E-state index >= 15 is 0 Å². The summed E-state index contributed by atoms with van der Waals surface area (Å²) in [7, 11) is 0. The standard InChI is InChI=1S/C13H17FN2O.ClH/c14-12-5-3-11(4-6-12)8-16-13(17)9-15-7-10-1-2-10;/h3-6,10,15H,1-2,7-9H2,(H,16,17);1H. The molecule has 3 nitrogen and oxygen atoms in total. The predicted molar refractivity (Wildman–Crippen MR) is 71.1 cm³/mol. The lowest BCUT2D eigenvalue weighted by Gasteiger charge is -2.06. The van der Waals surface area contributed by atoms with E-state index in [9.17, 15) is 9.18 Å². The van der Waals surface area contributed by atoms with E-state index < -0.39 is 0 Å². The number of carbonyl (C=O) groups is 1. The molecule has 0 saturated heterocycles. The molecule has 0 spiro atoms. The van der Waals surface area contributed by atoms with Gasteiger partial charge in [0.15, 0.2) is 0 Å². The van der Waals surface area contributed by atoms with Crippen molar-refractivity contribution in [1.82, 2.24) is 10.6 Å². The first-order valence-electron chi connectivity index (χ1n) is 5.96. The molecule has 0 radical (unpaired) electrons. The van der Waals surface area contributed by atoms with Crippen LogP contribution in [0.3, 0.4) is 0 Å². The van der Waals surface area contributed by atoms with Crippen molar-refractivity contribution in [3.63, 3.8) is 0 Å². The van der Waals surface area contributed by atoms with E-state index in [1.54, 1.807) is 12.1 Å². The normalized spacial score (nSPS) is 13.8. The molecule has 2 rings (SSSR count). The first kappa shape index (κ1) is 14.9. The number of rotatable bonds is 6. The molecule has 0 heterocycles. The second-order valence-corrected chi connectivity index (χ2v) is 4.48. The van der Waals surface area contributed by atoms with Crippen LogP contribution in [0.25, 0.3) is 0 Å². The van der Waals surface area contributed by atoms with Crippen molar-refractivity contribution in [2.75, 3.05) is 13.1 Å². The van der Waals surface area contributed by atoms with Gasteiger partial charge in [0.2, 0.25) is 5.91 Å².